The molecule has 0 saturated carbocycles. The van der Waals surface area contributed by atoms with Gasteiger partial charge in [-0.25, -0.2) is 0 Å². The lowest BCUT2D eigenvalue weighted by Crippen LogP contribution is -2.48. The number of ether oxygens (including phenoxy) is 3. The maximum absolute atomic E-state index is 12.6. The van der Waals surface area contributed by atoms with Gasteiger partial charge in [-0.15, -0.1) is 0 Å². The number of halogens is 1. The molecule has 8 nitrogen and oxygen atoms in total. The van der Waals surface area contributed by atoms with Crippen LogP contribution in [0.1, 0.15) is 41.0 Å². The van der Waals surface area contributed by atoms with Gasteiger partial charge in [0.1, 0.15) is 18.1 Å². The molecule has 2 rings (SSSR count). The molecule has 0 radical (unpaired) electrons. The van der Waals surface area contributed by atoms with Gasteiger partial charge >= 0.3 is 0 Å². The Hall–Kier alpha value is -2.69. The zero-order valence-corrected chi connectivity index (χ0v) is 21.2. The molecular weight excluding hydrogens is 510 g/mol. The van der Waals surface area contributed by atoms with Crippen LogP contribution < -0.4 is 25.6 Å². The third-order valence-corrected chi connectivity index (χ3v) is 5.03. The van der Waals surface area contributed by atoms with Crippen LogP contribution in [0.15, 0.2) is 46.9 Å². The van der Waals surface area contributed by atoms with E-state index in [2.05, 4.69) is 45.9 Å². The molecule has 2 aromatic carbocycles. The minimum absolute atomic E-state index is 0.0650. The van der Waals surface area contributed by atoms with Crippen molar-refractivity contribution in [1.29, 1.82) is 0 Å². The van der Waals surface area contributed by atoms with Crippen LogP contribution in [-0.2, 0) is 4.74 Å². The summed E-state index contributed by atoms with van der Waals surface area (Å²) < 4.78 is 16.9. The Bertz CT molecular complexity index is 954. The van der Waals surface area contributed by atoms with Gasteiger partial charge in [0.2, 0.25) is 0 Å². The molecule has 0 fully saturated rings. The molecule has 178 valence electrons. The van der Waals surface area contributed by atoms with Crippen LogP contribution in [0.2, 0.25) is 0 Å². The summed E-state index contributed by atoms with van der Waals surface area (Å²) >= 11 is 8.46. The van der Waals surface area contributed by atoms with Gasteiger partial charge < -0.3 is 14.2 Å². The van der Waals surface area contributed by atoms with Crippen molar-refractivity contribution in [2.24, 2.45) is 5.92 Å². The number of hydrogen-bond donors (Lipinski definition) is 3. The SMILES string of the molecule is COCCOc1ccc(Br)cc1C(=O)NC(=S)NNC(=O)c1ccc(OCCC(C)C)cc1. The number of rotatable bonds is 10. The number of hydrazine groups is 1. The third kappa shape index (κ3) is 9.37. The molecule has 0 aliphatic carbocycles. The number of hydrogen-bond acceptors (Lipinski definition) is 6. The quantitative estimate of drug-likeness (QED) is 0.240. The van der Waals surface area contributed by atoms with Crippen molar-refractivity contribution in [3.05, 3.63) is 58.1 Å². The molecule has 0 bridgehead atoms. The first-order valence-electron chi connectivity index (χ1n) is 10.4. The fourth-order valence-corrected chi connectivity index (χ4v) is 3.05. The minimum atomic E-state index is -0.488. The zero-order chi connectivity index (χ0) is 24.2. The van der Waals surface area contributed by atoms with Crippen molar-refractivity contribution in [1.82, 2.24) is 16.2 Å². The number of benzene rings is 2. The first-order chi connectivity index (χ1) is 15.8. The normalized spacial score (nSPS) is 10.5. The van der Waals surface area contributed by atoms with Crippen LogP contribution in [0.5, 0.6) is 11.5 Å². The molecule has 0 aliphatic heterocycles. The minimum Gasteiger partial charge on any atom is -0.494 e. The summed E-state index contributed by atoms with van der Waals surface area (Å²) in [5.41, 5.74) is 5.68. The average molecular weight is 538 g/mol. The molecule has 2 amide bonds. The van der Waals surface area contributed by atoms with Crippen LogP contribution in [0.25, 0.3) is 0 Å². The fourth-order valence-electron chi connectivity index (χ4n) is 2.54. The lowest BCUT2D eigenvalue weighted by atomic mass is 10.1. The third-order valence-electron chi connectivity index (χ3n) is 4.33. The van der Waals surface area contributed by atoms with E-state index >= 15 is 0 Å². The molecule has 10 heteroatoms. The summed E-state index contributed by atoms with van der Waals surface area (Å²) in [6.07, 6.45) is 0.954. The van der Waals surface area contributed by atoms with E-state index in [1.54, 1.807) is 49.6 Å². The predicted molar refractivity (Wildman–Crippen MR) is 134 cm³/mol. The number of nitrogens with one attached hydrogen (secondary N) is 3. The lowest BCUT2D eigenvalue weighted by Gasteiger charge is -2.14. The van der Waals surface area contributed by atoms with E-state index in [-0.39, 0.29) is 10.7 Å². The largest absolute Gasteiger partial charge is 0.494 e. The number of thiocarbonyl (C=S) groups is 1. The van der Waals surface area contributed by atoms with Gasteiger partial charge in [-0.3, -0.25) is 25.8 Å². The first-order valence-corrected chi connectivity index (χ1v) is 11.6. The van der Waals surface area contributed by atoms with E-state index in [1.807, 2.05) is 0 Å². The first kappa shape index (κ1) is 26.6. The molecule has 0 aliphatic rings. The summed E-state index contributed by atoms with van der Waals surface area (Å²) in [6.45, 7) is 5.55. The van der Waals surface area contributed by atoms with Gasteiger partial charge in [-0.2, -0.15) is 0 Å². The zero-order valence-electron chi connectivity index (χ0n) is 18.8. The second-order valence-corrected chi connectivity index (χ2v) is 8.72. The number of carbonyl (C=O) groups excluding carboxylic acids is 2. The highest BCUT2D eigenvalue weighted by atomic mass is 79.9. The van der Waals surface area contributed by atoms with Crippen molar-refractivity contribution < 1.29 is 23.8 Å². The maximum Gasteiger partial charge on any atom is 0.269 e. The highest BCUT2D eigenvalue weighted by Crippen LogP contribution is 2.23. The van der Waals surface area contributed by atoms with Gasteiger partial charge in [0.25, 0.3) is 11.8 Å². The van der Waals surface area contributed by atoms with E-state index in [0.29, 0.717) is 47.3 Å². The maximum atomic E-state index is 12.6. The Morgan fingerprint density at radius 2 is 1.70 bits per heavy atom. The van der Waals surface area contributed by atoms with Crippen molar-refractivity contribution in [3.63, 3.8) is 0 Å². The summed E-state index contributed by atoms with van der Waals surface area (Å²) in [5.74, 6) is 0.740. The van der Waals surface area contributed by atoms with Crippen molar-refractivity contribution in [2.45, 2.75) is 20.3 Å². The van der Waals surface area contributed by atoms with Gasteiger partial charge in [0.05, 0.1) is 18.8 Å². The standard InChI is InChI=1S/C23H28BrN3O5S/c1-15(2)10-11-31-18-7-4-16(5-8-18)21(28)26-27-23(33)25-22(29)19-14-17(24)6-9-20(19)32-13-12-30-3/h4-9,14-15H,10-13H2,1-3H3,(H,26,28)(H2,25,27,29,33). The van der Waals surface area contributed by atoms with Crippen molar-refractivity contribution >= 4 is 45.1 Å². The Morgan fingerprint density at radius 3 is 2.36 bits per heavy atom. The lowest BCUT2D eigenvalue weighted by molar-refractivity contribution is 0.0933. The van der Waals surface area contributed by atoms with Gasteiger partial charge in [-0.1, -0.05) is 29.8 Å². The van der Waals surface area contributed by atoms with Crippen LogP contribution in [0.3, 0.4) is 0 Å². The Morgan fingerprint density at radius 1 is 0.970 bits per heavy atom. The number of amides is 2. The molecule has 0 unspecified atom stereocenters. The molecule has 0 saturated heterocycles. The summed E-state index contributed by atoms with van der Waals surface area (Å²) in [7, 11) is 1.56. The topological polar surface area (TPSA) is 97.9 Å². The van der Waals surface area contributed by atoms with E-state index in [0.717, 1.165) is 6.42 Å². The van der Waals surface area contributed by atoms with E-state index in [9.17, 15) is 9.59 Å². The molecule has 0 atom stereocenters. The van der Waals surface area contributed by atoms with Crippen LogP contribution in [0, 0.1) is 5.92 Å². The average Bonchev–Trinajstić information content (AvgIpc) is 2.78. The summed E-state index contributed by atoms with van der Waals surface area (Å²) in [5, 5.41) is 2.45. The molecule has 2 aromatic rings. The predicted octanol–water partition coefficient (Wildman–Crippen LogP) is 3.85. The van der Waals surface area contributed by atoms with E-state index in [1.165, 1.54) is 0 Å². The fraction of sp³-hybridized carbons (Fsp3) is 0.348. The molecular formula is C23H28BrN3O5S. The van der Waals surface area contributed by atoms with Gasteiger partial charge in [-0.05, 0) is 67.0 Å². The van der Waals surface area contributed by atoms with Crippen LogP contribution >= 0.6 is 28.1 Å². The van der Waals surface area contributed by atoms with Crippen molar-refractivity contribution in [3.8, 4) is 11.5 Å². The number of carbonyl (C=O) groups is 2. The highest BCUT2D eigenvalue weighted by molar-refractivity contribution is 9.10. The van der Waals surface area contributed by atoms with Crippen LogP contribution in [0.4, 0.5) is 0 Å². The molecule has 0 heterocycles. The summed E-state index contributed by atoms with van der Waals surface area (Å²) in [4.78, 5) is 25.0. The van der Waals surface area contributed by atoms with E-state index in [4.69, 9.17) is 26.4 Å². The van der Waals surface area contributed by atoms with E-state index < -0.39 is 11.8 Å². The Kier molecular flexibility index (Phi) is 11.1. The Balaban J connectivity index is 1.86. The number of methoxy groups -OCH3 is 1. The second kappa shape index (κ2) is 13.8. The second-order valence-electron chi connectivity index (χ2n) is 7.40. The molecule has 33 heavy (non-hydrogen) atoms. The van der Waals surface area contributed by atoms with Gasteiger partial charge in [0.15, 0.2) is 5.11 Å². The smallest absolute Gasteiger partial charge is 0.269 e. The highest BCUT2D eigenvalue weighted by Gasteiger charge is 2.15. The van der Waals surface area contributed by atoms with Crippen LogP contribution in [-0.4, -0.2) is 43.9 Å². The monoisotopic (exact) mass is 537 g/mol. The summed E-state index contributed by atoms with van der Waals surface area (Å²) in [6, 6.07) is 11.8. The molecule has 0 spiro atoms. The van der Waals surface area contributed by atoms with Crippen molar-refractivity contribution in [2.75, 3.05) is 26.9 Å². The Labute approximate surface area is 207 Å². The molecule has 3 N–H and O–H groups in total. The van der Waals surface area contributed by atoms with Gasteiger partial charge in [0, 0.05) is 17.1 Å². The molecule has 0 aromatic heterocycles.